The maximum Gasteiger partial charge on any atom is 0.311 e. The summed E-state index contributed by atoms with van der Waals surface area (Å²) < 4.78 is 5.33. The first-order valence-electron chi connectivity index (χ1n) is 11.1. The van der Waals surface area contributed by atoms with Crippen LogP contribution in [0.1, 0.15) is 35.1 Å². The maximum absolute atomic E-state index is 12.7. The van der Waals surface area contributed by atoms with E-state index < -0.39 is 0 Å². The third kappa shape index (κ3) is 5.38. The standard InChI is InChI=1S/C27H26N4O3/c1-4-25(32)34-23-17-28-24(30-26(23)31(2)3)15-18-9-13-22(14-10-18)29-27(33)21-12-11-19-7-5-6-8-20(19)16-21/h5-14,16-17H,4,15H2,1-3H3,(H,29,33). The summed E-state index contributed by atoms with van der Waals surface area (Å²) in [5, 5.41) is 5.07. The Kier molecular flexibility index (Phi) is 6.82. The topological polar surface area (TPSA) is 84.4 Å². The van der Waals surface area contributed by atoms with Crippen LogP contribution in [0, 0.1) is 0 Å². The highest BCUT2D eigenvalue weighted by Gasteiger charge is 2.14. The Balaban J connectivity index is 1.44. The fraction of sp³-hybridized carbons (Fsp3) is 0.185. The largest absolute Gasteiger partial charge is 0.421 e. The summed E-state index contributed by atoms with van der Waals surface area (Å²) in [4.78, 5) is 35.1. The molecule has 4 rings (SSSR count). The summed E-state index contributed by atoms with van der Waals surface area (Å²) in [7, 11) is 3.67. The van der Waals surface area contributed by atoms with E-state index in [1.165, 1.54) is 6.20 Å². The van der Waals surface area contributed by atoms with Gasteiger partial charge >= 0.3 is 5.97 Å². The number of aromatic nitrogens is 2. The van der Waals surface area contributed by atoms with Crippen molar-refractivity contribution in [1.29, 1.82) is 0 Å². The molecule has 0 aliphatic heterocycles. The molecule has 0 aliphatic carbocycles. The van der Waals surface area contributed by atoms with Crippen molar-refractivity contribution in [2.24, 2.45) is 0 Å². The molecule has 0 spiro atoms. The average Bonchev–Trinajstić information content (AvgIpc) is 2.85. The van der Waals surface area contributed by atoms with Gasteiger partial charge in [-0.15, -0.1) is 0 Å². The van der Waals surface area contributed by atoms with E-state index in [1.54, 1.807) is 11.8 Å². The molecule has 7 nitrogen and oxygen atoms in total. The molecule has 1 N–H and O–H groups in total. The lowest BCUT2D eigenvalue weighted by Gasteiger charge is -2.16. The van der Waals surface area contributed by atoms with Gasteiger partial charge in [0, 0.05) is 38.2 Å². The molecule has 0 fully saturated rings. The van der Waals surface area contributed by atoms with Crippen molar-refractivity contribution in [1.82, 2.24) is 9.97 Å². The highest BCUT2D eigenvalue weighted by atomic mass is 16.5. The lowest BCUT2D eigenvalue weighted by molar-refractivity contribution is -0.134. The second-order valence-electron chi connectivity index (χ2n) is 8.09. The first kappa shape index (κ1) is 22.9. The third-order valence-corrected chi connectivity index (χ3v) is 5.31. The zero-order chi connectivity index (χ0) is 24.1. The van der Waals surface area contributed by atoms with Gasteiger partial charge in [-0.05, 0) is 40.6 Å². The van der Waals surface area contributed by atoms with Crippen molar-refractivity contribution in [3.8, 4) is 5.75 Å². The lowest BCUT2D eigenvalue weighted by atomic mass is 10.1. The van der Waals surface area contributed by atoms with Gasteiger partial charge in [0.25, 0.3) is 5.91 Å². The van der Waals surface area contributed by atoms with Crippen molar-refractivity contribution in [3.63, 3.8) is 0 Å². The number of carbonyl (C=O) groups excluding carboxylic acids is 2. The van der Waals surface area contributed by atoms with E-state index in [9.17, 15) is 9.59 Å². The number of nitrogens with one attached hydrogen (secondary N) is 1. The van der Waals surface area contributed by atoms with Gasteiger partial charge in [-0.25, -0.2) is 9.97 Å². The number of rotatable bonds is 7. The van der Waals surface area contributed by atoms with Crippen LogP contribution < -0.4 is 15.0 Å². The van der Waals surface area contributed by atoms with E-state index in [-0.39, 0.29) is 18.3 Å². The van der Waals surface area contributed by atoms with Gasteiger partial charge in [-0.1, -0.05) is 49.4 Å². The SMILES string of the molecule is CCC(=O)Oc1cnc(Cc2ccc(NC(=O)c3ccc4ccccc4c3)cc2)nc1N(C)C. The number of ether oxygens (including phenoxy) is 1. The Bertz CT molecular complexity index is 1330. The molecule has 0 bridgehead atoms. The monoisotopic (exact) mass is 454 g/mol. The van der Waals surface area contributed by atoms with Crippen LogP contribution in [0.25, 0.3) is 10.8 Å². The second-order valence-corrected chi connectivity index (χ2v) is 8.09. The average molecular weight is 455 g/mol. The molecule has 0 unspecified atom stereocenters. The van der Waals surface area contributed by atoms with E-state index in [2.05, 4.69) is 15.3 Å². The van der Waals surface area contributed by atoms with Crippen molar-refractivity contribution >= 4 is 34.2 Å². The van der Waals surface area contributed by atoms with Crippen molar-refractivity contribution in [3.05, 3.63) is 89.9 Å². The zero-order valence-electron chi connectivity index (χ0n) is 19.4. The Morgan fingerprint density at radius 2 is 1.71 bits per heavy atom. The molecule has 0 atom stereocenters. The minimum Gasteiger partial charge on any atom is -0.421 e. The summed E-state index contributed by atoms with van der Waals surface area (Å²) in [5.41, 5.74) is 2.31. The van der Waals surface area contributed by atoms with Gasteiger partial charge in [-0.3, -0.25) is 9.59 Å². The number of hydrogen-bond donors (Lipinski definition) is 1. The number of fused-ring (bicyclic) bond motifs is 1. The molecule has 0 radical (unpaired) electrons. The number of carbonyl (C=O) groups is 2. The van der Waals surface area contributed by atoms with E-state index in [0.29, 0.717) is 35.1 Å². The van der Waals surface area contributed by atoms with Gasteiger partial charge in [-0.2, -0.15) is 0 Å². The van der Waals surface area contributed by atoms with Crippen LogP contribution in [0.3, 0.4) is 0 Å². The van der Waals surface area contributed by atoms with Gasteiger partial charge in [0.05, 0.1) is 6.20 Å². The summed E-state index contributed by atoms with van der Waals surface area (Å²) in [5.74, 6) is 1.00. The van der Waals surface area contributed by atoms with Crippen LogP contribution in [0.15, 0.2) is 72.9 Å². The summed E-state index contributed by atoms with van der Waals surface area (Å²) in [6.07, 6.45) is 2.31. The van der Waals surface area contributed by atoms with Gasteiger partial charge in [0.1, 0.15) is 5.82 Å². The van der Waals surface area contributed by atoms with Crippen LogP contribution in [0.2, 0.25) is 0 Å². The minimum atomic E-state index is -0.333. The summed E-state index contributed by atoms with van der Waals surface area (Å²) in [6, 6.07) is 21.2. The minimum absolute atomic E-state index is 0.158. The number of anilines is 2. The fourth-order valence-electron chi connectivity index (χ4n) is 3.49. The molecule has 3 aromatic carbocycles. The Morgan fingerprint density at radius 1 is 0.971 bits per heavy atom. The van der Waals surface area contributed by atoms with Crippen LogP contribution >= 0.6 is 0 Å². The normalized spacial score (nSPS) is 10.7. The molecule has 7 heteroatoms. The Morgan fingerprint density at radius 3 is 2.41 bits per heavy atom. The van der Waals surface area contributed by atoms with Crippen LogP contribution in [-0.2, 0) is 11.2 Å². The van der Waals surface area contributed by atoms with Gasteiger partial charge in [0.2, 0.25) is 0 Å². The molecule has 34 heavy (non-hydrogen) atoms. The Labute approximate surface area is 198 Å². The summed E-state index contributed by atoms with van der Waals surface area (Å²) in [6.45, 7) is 1.74. The number of amides is 1. The number of nitrogens with zero attached hydrogens (tertiary/aromatic N) is 3. The third-order valence-electron chi connectivity index (χ3n) is 5.31. The first-order chi connectivity index (χ1) is 16.4. The lowest BCUT2D eigenvalue weighted by Crippen LogP contribution is -2.16. The van der Waals surface area contributed by atoms with Crippen molar-refractivity contribution in [2.75, 3.05) is 24.3 Å². The summed E-state index contributed by atoms with van der Waals surface area (Å²) >= 11 is 0. The second kappa shape index (κ2) is 10.1. The molecule has 1 amide bonds. The number of benzene rings is 3. The van der Waals surface area contributed by atoms with Crippen LogP contribution in [-0.4, -0.2) is 35.9 Å². The Hall–Kier alpha value is -4.26. The van der Waals surface area contributed by atoms with E-state index in [4.69, 9.17) is 4.74 Å². The number of hydrogen-bond acceptors (Lipinski definition) is 6. The smallest absolute Gasteiger partial charge is 0.311 e. The quantitative estimate of drug-likeness (QED) is 0.402. The fourth-order valence-corrected chi connectivity index (χ4v) is 3.49. The van der Waals surface area contributed by atoms with E-state index in [0.717, 1.165) is 16.3 Å². The predicted octanol–water partition coefficient (Wildman–Crippen LogP) is 4.85. The van der Waals surface area contributed by atoms with Crippen LogP contribution in [0.5, 0.6) is 5.75 Å². The van der Waals surface area contributed by atoms with Gasteiger partial charge in [0.15, 0.2) is 11.6 Å². The molecule has 172 valence electrons. The van der Waals surface area contributed by atoms with E-state index in [1.807, 2.05) is 80.8 Å². The molecule has 1 heterocycles. The molecule has 0 aliphatic rings. The highest BCUT2D eigenvalue weighted by molar-refractivity contribution is 6.06. The zero-order valence-corrected chi connectivity index (χ0v) is 19.4. The van der Waals surface area contributed by atoms with Crippen LogP contribution in [0.4, 0.5) is 11.5 Å². The molecular weight excluding hydrogens is 428 g/mol. The highest BCUT2D eigenvalue weighted by Crippen LogP contribution is 2.25. The predicted molar refractivity (Wildman–Crippen MR) is 133 cm³/mol. The first-order valence-corrected chi connectivity index (χ1v) is 11.1. The molecular formula is C27H26N4O3. The molecule has 0 saturated carbocycles. The van der Waals surface area contributed by atoms with Crippen molar-refractivity contribution in [2.45, 2.75) is 19.8 Å². The van der Waals surface area contributed by atoms with E-state index >= 15 is 0 Å². The van der Waals surface area contributed by atoms with Gasteiger partial charge < -0.3 is 15.0 Å². The molecule has 1 aromatic heterocycles. The molecule has 0 saturated heterocycles. The maximum atomic E-state index is 12.7. The van der Waals surface area contributed by atoms with Crippen molar-refractivity contribution < 1.29 is 14.3 Å². The number of esters is 1. The molecule has 4 aromatic rings.